The van der Waals surface area contributed by atoms with Crippen LogP contribution in [-0.4, -0.2) is 0 Å². The Labute approximate surface area is 177 Å². The number of unbranched alkanes of at least 4 members (excludes halogenated alkanes) is 3. The summed E-state index contributed by atoms with van der Waals surface area (Å²) in [6, 6.07) is 4.48. The van der Waals surface area contributed by atoms with E-state index >= 15 is 0 Å². The first-order chi connectivity index (χ1) is 14.2. The molecular formula is C27H42F2. The van der Waals surface area contributed by atoms with Crippen LogP contribution in [0.4, 0.5) is 8.78 Å². The summed E-state index contributed by atoms with van der Waals surface area (Å²) in [6.07, 6.45) is 22.0. The molecule has 0 aliphatic heterocycles. The smallest absolute Gasteiger partial charge is 0.159 e. The largest absolute Gasteiger partial charge is 0.204 e. The van der Waals surface area contributed by atoms with Gasteiger partial charge in [0.1, 0.15) is 0 Å². The Morgan fingerprint density at radius 1 is 0.655 bits per heavy atom. The molecule has 0 nitrogen and oxygen atoms in total. The van der Waals surface area contributed by atoms with Crippen molar-refractivity contribution in [3.8, 4) is 0 Å². The quantitative estimate of drug-likeness (QED) is 0.341. The van der Waals surface area contributed by atoms with Crippen molar-refractivity contribution in [1.29, 1.82) is 0 Å². The van der Waals surface area contributed by atoms with Gasteiger partial charge in [-0.05, 0) is 67.1 Å². The van der Waals surface area contributed by atoms with Crippen LogP contribution >= 0.6 is 0 Å². The fraction of sp³-hybridized carbons (Fsp3) is 0.778. The van der Waals surface area contributed by atoms with Crippen molar-refractivity contribution in [2.45, 2.75) is 116 Å². The average molecular weight is 405 g/mol. The minimum Gasteiger partial charge on any atom is -0.204 e. The zero-order valence-electron chi connectivity index (χ0n) is 18.6. The molecule has 2 saturated carbocycles. The molecule has 0 N–H and O–H groups in total. The first-order valence-electron chi connectivity index (χ1n) is 12.6. The van der Waals surface area contributed by atoms with Crippen molar-refractivity contribution in [1.82, 2.24) is 0 Å². The average Bonchev–Trinajstić information content (AvgIpc) is 2.75. The van der Waals surface area contributed by atoms with Gasteiger partial charge in [0.2, 0.25) is 0 Å². The standard InChI is InChI=1S/C27H42F2/c1-2-3-4-7-21-10-12-22(13-11-21)8-5-6-9-23-14-16-24(17-15-23)25-18-19-26(28)27(29)20-25/h18-24H,2-17H2,1H3/t21-,22-,23?,24?. The Morgan fingerprint density at radius 3 is 1.62 bits per heavy atom. The van der Waals surface area contributed by atoms with Crippen LogP contribution in [0, 0.1) is 29.4 Å². The molecule has 0 atom stereocenters. The van der Waals surface area contributed by atoms with Gasteiger partial charge in [-0.15, -0.1) is 0 Å². The van der Waals surface area contributed by atoms with Gasteiger partial charge in [0.25, 0.3) is 0 Å². The molecule has 0 bridgehead atoms. The van der Waals surface area contributed by atoms with Gasteiger partial charge in [0.05, 0.1) is 0 Å². The Morgan fingerprint density at radius 2 is 1.14 bits per heavy atom. The highest BCUT2D eigenvalue weighted by atomic mass is 19.2. The summed E-state index contributed by atoms with van der Waals surface area (Å²) in [4.78, 5) is 0. The van der Waals surface area contributed by atoms with Gasteiger partial charge in [-0.1, -0.05) is 90.0 Å². The lowest BCUT2D eigenvalue weighted by Gasteiger charge is -2.30. The van der Waals surface area contributed by atoms with Gasteiger partial charge in [-0.25, -0.2) is 8.78 Å². The second-order valence-corrected chi connectivity index (χ2v) is 10.1. The summed E-state index contributed by atoms with van der Waals surface area (Å²) in [5.41, 5.74) is 0.993. The fourth-order valence-corrected chi connectivity index (χ4v) is 5.91. The molecule has 0 saturated heterocycles. The molecule has 3 rings (SSSR count). The van der Waals surface area contributed by atoms with Crippen LogP contribution in [-0.2, 0) is 0 Å². The van der Waals surface area contributed by atoms with Crippen LogP contribution in [0.2, 0.25) is 0 Å². The zero-order chi connectivity index (χ0) is 20.5. The molecule has 164 valence electrons. The summed E-state index contributed by atoms with van der Waals surface area (Å²) >= 11 is 0. The van der Waals surface area contributed by atoms with E-state index in [2.05, 4.69) is 6.92 Å². The molecule has 0 heterocycles. The van der Waals surface area contributed by atoms with E-state index in [1.54, 1.807) is 6.07 Å². The Kier molecular flexibility index (Phi) is 9.46. The first-order valence-corrected chi connectivity index (χ1v) is 12.6. The van der Waals surface area contributed by atoms with E-state index in [4.69, 9.17) is 0 Å². The number of halogens is 2. The Balaban J connectivity index is 1.25. The van der Waals surface area contributed by atoms with Gasteiger partial charge in [0, 0.05) is 0 Å². The summed E-state index contributed by atoms with van der Waals surface area (Å²) < 4.78 is 26.6. The van der Waals surface area contributed by atoms with E-state index in [1.807, 2.05) is 0 Å². The molecule has 0 radical (unpaired) electrons. The molecule has 2 aliphatic carbocycles. The predicted molar refractivity (Wildman–Crippen MR) is 119 cm³/mol. The maximum absolute atomic E-state index is 13.5. The third-order valence-electron chi connectivity index (χ3n) is 7.92. The third-order valence-corrected chi connectivity index (χ3v) is 7.92. The van der Waals surface area contributed by atoms with Crippen molar-refractivity contribution < 1.29 is 8.78 Å². The maximum Gasteiger partial charge on any atom is 0.159 e. The molecule has 29 heavy (non-hydrogen) atoms. The van der Waals surface area contributed by atoms with E-state index in [0.717, 1.165) is 36.2 Å². The predicted octanol–water partition coefficient (Wildman–Crippen LogP) is 9.19. The summed E-state index contributed by atoms with van der Waals surface area (Å²) in [5, 5.41) is 0. The number of rotatable bonds is 10. The lowest BCUT2D eigenvalue weighted by atomic mass is 9.76. The molecule has 0 amide bonds. The van der Waals surface area contributed by atoms with E-state index in [9.17, 15) is 8.78 Å². The molecule has 2 heteroatoms. The highest BCUT2D eigenvalue weighted by Gasteiger charge is 2.24. The van der Waals surface area contributed by atoms with Crippen molar-refractivity contribution in [3.63, 3.8) is 0 Å². The van der Waals surface area contributed by atoms with E-state index in [0.29, 0.717) is 5.92 Å². The molecule has 2 fully saturated rings. The minimum absolute atomic E-state index is 0.425. The van der Waals surface area contributed by atoms with Crippen LogP contribution < -0.4 is 0 Å². The summed E-state index contributed by atoms with van der Waals surface area (Å²) in [7, 11) is 0. The summed E-state index contributed by atoms with van der Waals surface area (Å²) in [6.45, 7) is 2.30. The SMILES string of the molecule is CCCCC[C@H]1CC[C@H](CCCCC2CCC(c3ccc(F)c(F)c3)CC2)CC1. The van der Waals surface area contributed by atoms with Crippen LogP contribution in [0.1, 0.15) is 121 Å². The molecule has 1 aromatic carbocycles. The maximum atomic E-state index is 13.5. The fourth-order valence-electron chi connectivity index (χ4n) is 5.91. The number of hydrogen-bond acceptors (Lipinski definition) is 0. The highest BCUT2D eigenvalue weighted by Crippen LogP contribution is 2.39. The van der Waals surface area contributed by atoms with Gasteiger partial charge >= 0.3 is 0 Å². The first kappa shape index (κ1) is 22.8. The molecule has 2 aliphatic rings. The van der Waals surface area contributed by atoms with Crippen LogP contribution in [0.25, 0.3) is 0 Å². The van der Waals surface area contributed by atoms with Gasteiger partial charge in [0.15, 0.2) is 11.6 Å². The normalized spacial score (nSPS) is 27.8. The Bertz CT molecular complexity index is 580. The Hall–Kier alpha value is -0.920. The number of benzene rings is 1. The minimum atomic E-state index is -0.729. The topological polar surface area (TPSA) is 0 Å². The second kappa shape index (κ2) is 12.1. The summed E-state index contributed by atoms with van der Waals surface area (Å²) in [5.74, 6) is 1.89. The van der Waals surface area contributed by atoms with E-state index in [1.165, 1.54) is 102 Å². The van der Waals surface area contributed by atoms with Gasteiger partial charge in [-0.3, -0.25) is 0 Å². The highest BCUT2D eigenvalue weighted by molar-refractivity contribution is 5.22. The third kappa shape index (κ3) is 7.37. The molecule has 0 aromatic heterocycles. The molecule has 0 unspecified atom stereocenters. The van der Waals surface area contributed by atoms with Crippen LogP contribution in [0.3, 0.4) is 0 Å². The van der Waals surface area contributed by atoms with E-state index in [-0.39, 0.29) is 0 Å². The van der Waals surface area contributed by atoms with Gasteiger partial charge in [-0.2, -0.15) is 0 Å². The lowest BCUT2D eigenvalue weighted by molar-refractivity contribution is 0.240. The van der Waals surface area contributed by atoms with Crippen molar-refractivity contribution in [2.24, 2.45) is 17.8 Å². The van der Waals surface area contributed by atoms with Crippen LogP contribution in [0.5, 0.6) is 0 Å². The number of hydrogen-bond donors (Lipinski definition) is 0. The second-order valence-electron chi connectivity index (χ2n) is 10.1. The van der Waals surface area contributed by atoms with Crippen molar-refractivity contribution in [3.05, 3.63) is 35.4 Å². The molecular weight excluding hydrogens is 362 g/mol. The zero-order valence-corrected chi connectivity index (χ0v) is 18.6. The van der Waals surface area contributed by atoms with Crippen molar-refractivity contribution in [2.75, 3.05) is 0 Å². The van der Waals surface area contributed by atoms with Crippen molar-refractivity contribution >= 4 is 0 Å². The monoisotopic (exact) mass is 404 g/mol. The van der Waals surface area contributed by atoms with Crippen LogP contribution in [0.15, 0.2) is 18.2 Å². The van der Waals surface area contributed by atoms with E-state index < -0.39 is 11.6 Å². The van der Waals surface area contributed by atoms with Gasteiger partial charge < -0.3 is 0 Å². The molecule has 1 aromatic rings. The lowest BCUT2D eigenvalue weighted by Crippen LogP contribution is -2.15. The molecule has 0 spiro atoms.